The van der Waals surface area contributed by atoms with Crippen LogP contribution < -0.4 is 4.74 Å². The number of hydrogen-bond acceptors (Lipinski definition) is 3. The summed E-state index contributed by atoms with van der Waals surface area (Å²) in [5.41, 5.74) is 3.77. The molecule has 2 rings (SSSR count). The number of aryl methyl sites for hydroxylation is 1. The predicted molar refractivity (Wildman–Crippen MR) is 75.5 cm³/mol. The van der Waals surface area contributed by atoms with Gasteiger partial charge in [-0.15, -0.1) is 0 Å². The lowest BCUT2D eigenvalue weighted by atomic mass is 9.87. The highest BCUT2D eigenvalue weighted by atomic mass is 16.5. The third kappa shape index (κ3) is 3.13. The van der Waals surface area contributed by atoms with E-state index in [0.717, 1.165) is 30.7 Å². The molecule has 1 unspecified atom stereocenters. The molecule has 0 fully saturated rings. The van der Waals surface area contributed by atoms with Crippen molar-refractivity contribution in [3.63, 3.8) is 0 Å². The van der Waals surface area contributed by atoms with Gasteiger partial charge in [0.15, 0.2) is 0 Å². The Morgan fingerprint density at radius 1 is 1.32 bits per heavy atom. The van der Waals surface area contributed by atoms with Crippen LogP contribution in [0.5, 0.6) is 5.75 Å². The summed E-state index contributed by atoms with van der Waals surface area (Å²) < 4.78 is 5.30. The van der Waals surface area contributed by atoms with Crippen LogP contribution in [0.25, 0.3) is 0 Å². The maximum atomic E-state index is 5.30. The Kier molecular flexibility index (Phi) is 4.55. The number of H-pyrrole nitrogens is 1. The fourth-order valence-electron chi connectivity index (χ4n) is 2.46. The van der Waals surface area contributed by atoms with Crippen molar-refractivity contribution in [1.29, 1.82) is 0 Å². The maximum Gasteiger partial charge on any atom is 0.119 e. The van der Waals surface area contributed by atoms with Gasteiger partial charge in [0.2, 0.25) is 0 Å². The maximum absolute atomic E-state index is 5.30. The lowest BCUT2D eigenvalue weighted by Gasteiger charge is -2.18. The molecule has 0 aliphatic heterocycles. The fourth-order valence-corrected chi connectivity index (χ4v) is 2.46. The molecule has 0 aliphatic carbocycles. The van der Waals surface area contributed by atoms with Crippen molar-refractivity contribution in [3.05, 3.63) is 41.2 Å². The van der Waals surface area contributed by atoms with Crippen LogP contribution in [-0.2, 0) is 12.8 Å². The summed E-state index contributed by atoms with van der Waals surface area (Å²) in [5.74, 6) is 1.41. The number of nitrogens with zero attached hydrogens (tertiary/aromatic N) is 2. The van der Waals surface area contributed by atoms with E-state index in [1.54, 1.807) is 13.3 Å². The van der Waals surface area contributed by atoms with Crippen molar-refractivity contribution in [2.24, 2.45) is 0 Å². The van der Waals surface area contributed by atoms with Gasteiger partial charge in [-0.3, -0.25) is 0 Å². The first-order valence-electron chi connectivity index (χ1n) is 6.79. The molecule has 19 heavy (non-hydrogen) atoms. The molecule has 102 valence electrons. The van der Waals surface area contributed by atoms with E-state index in [2.05, 4.69) is 41.4 Å². The van der Waals surface area contributed by atoms with E-state index < -0.39 is 0 Å². The Morgan fingerprint density at radius 2 is 2.16 bits per heavy atom. The lowest BCUT2D eigenvalue weighted by molar-refractivity contribution is 0.414. The highest BCUT2D eigenvalue weighted by Crippen LogP contribution is 2.29. The first-order valence-corrected chi connectivity index (χ1v) is 6.79. The average molecular weight is 259 g/mol. The standard InChI is InChI=1S/C15H21N3O/c1-4-11(8-13-10-16-18-17-13)15-7-6-14(19-3)9-12(15)5-2/h6-7,9-11H,4-5,8H2,1-3H3,(H,16,17,18). The van der Waals surface area contributed by atoms with Gasteiger partial charge < -0.3 is 4.74 Å². The number of rotatable bonds is 6. The molecule has 4 heteroatoms. The Balaban J connectivity index is 2.26. The van der Waals surface area contributed by atoms with E-state index in [0.29, 0.717) is 5.92 Å². The molecule has 0 saturated carbocycles. The quantitative estimate of drug-likeness (QED) is 0.867. The number of methoxy groups -OCH3 is 1. The number of aromatic amines is 1. The van der Waals surface area contributed by atoms with Crippen LogP contribution in [0.15, 0.2) is 24.4 Å². The second-order valence-corrected chi connectivity index (χ2v) is 4.69. The smallest absolute Gasteiger partial charge is 0.119 e. The molecular formula is C15H21N3O. The third-order valence-electron chi connectivity index (χ3n) is 3.58. The molecule has 1 N–H and O–H groups in total. The zero-order valence-corrected chi connectivity index (χ0v) is 11.8. The summed E-state index contributed by atoms with van der Waals surface area (Å²) in [6, 6.07) is 6.37. The van der Waals surface area contributed by atoms with E-state index in [1.807, 2.05) is 6.07 Å². The molecule has 4 nitrogen and oxygen atoms in total. The first-order chi connectivity index (χ1) is 9.28. The number of hydrogen-bond donors (Lipinski definition) is 1. The Labute approximate surface area is 114 Å². The van der Waals surface area contributed by atoms with Crippen molar-refractivity contribution < 1.29 is 4.74 Å². The van der Waals surface area contributed by atoms with Gasteiger partial charge in [-0.1, -0.05) is 19.9 Å². The number of benzene rings is 1. The second-order valence-electron chi connectivity index (χ2n) is 4.69. The molecule has 0 radical (unpaired) electrons. The second kappa shape index (κ2) is 6.36. The van der Waals surface area contributed by atoms with Gasteiger partial charge in [-0.05, 0) is 48.4 Å². The fraction of sp³-hybridized carbons (Fsp3) is 0.467. The van der Waals surface area contributed by atoms with Crippen LogP contribution in [0.3, 0.4) is 0 Å². The molecule has 2 aromatic rings. The first kappa shape index (κ1) is 13.6. The topological polar surface area (TPSA) is 50.8 Å². The van der Waals surface area contributed by atoms with Crippen molar-refractivity contribution in [3.8, 4) is 5.75 Å². The molecule has 1 aromatic heterocycles. The van der Waals surface area contributed by atoms with E-state index >= 15 is 0 Å². The van der Waals surface area contributed by atoms with Crippen LogP contribution in [0.2, 0.25) is 0 Å². The molecule has 1 aromatic carbocycles. The number of nitrogens with one attached hydrogen (secondary N) is 1. The third-order valence-corrected chi connectivity index (χ3v) is 3.58. The molecule has 1 atom stereocenters. The molecule has 0 spiro atoms. The number of ether oxygens (including phenoxy) is 1. The van der Waals surface area contributed by atoms with Crippen molar-refractivity contribution in [2.75, 3.05) is 7.11 Å². The van der Waals surface area contributed by atoms with Gasteiger partial charge in [0.1, 0.15) is 5.75 Å². The monoisotopic (exact) mass is 259 g/mol. The summed E-state index contributed by atoms with van der Waals surface area (Å²) in [4.78, 5) is 0. The Bertz CT molecular complexity index is 508. The summed E-state index contributed by atoms with van der Waals surface area (Å²) in [6.07, 6.45) is 4.83. The highest BCUT2D eigenvalue weighted by Gasteiger charge is 2.15. The van der Waals surface area contributed by atoms with Crippen LogP contribution in [-0.4, -0.2) is 22.5 Å². The zero-order valence-electron chi connectivity index (χ0n) is 11.8. The van der Waals surface area contributed by atoms with Gasteiger partial charge in [0.05, 0.1) is 19.0 Å². The van der Waals surface area contributed by atoms with Crippen molar-refractivity contribution in [2.45, 2.75) is 39.0 Å². The molecular weight excluding hydrogens is 238 g/mol. The minimum atomic E-state index is 0.478. The van der Waals surface area contributed by atoms with Gasteiger partial charge in [0.25, 0.3) is 0 Å². The normalized spacial score (nSPS) is 12.4. The van der Waals surface area contributed by atoms with Crippen molar-refractivity contribution >= 4 is 0 Å². The molecule has 0 bridgehead atoms. The van der Waals surface area contributed by atoms with Crippen LogP contribution in [0, 0.1) is 0 Å². The summed E-state index contributed by atoms with van der Waals surface area (Å²) in [7, 11) is 1.71. The van der Waals surface area contributed by atoms with E-state index in [1.165, 1.54) is 11.1 Å². The van der Waals surface area contributed by atoms with Crippen LogP contribution in [0.1, 0.15) is 43.0 Å². The summed E-state index contributed by atoms with van der Waals surface area (Å²) in [6.45, 7) is 4.40. The molecule has 0 saturated heterocycles. The molecule has 0 amide bonds. The van der Waals surface area contributed by atoms with Crippen LogP contribution in [0.4, 0.5) is 0 Å². The van der Waals surface area contributed by atoms with E-state index in [9.17, 15) is 0 Å². The minimum absolute atomic E-state index is 0.478. The Morgan fingerprint density at radius 3 is 2.74 bits per heavy atom. The highest BCUT2D eigenvalue weighted by molar-refractivity contribution is 5.38. The van der Waals surface area contributed by atoms with Gasteiger partial charge in [-0.25, -0.2) is 0 Å². The predicted octanol–water partition coefficient (Wildman–Crippen LogP) is 3.11. The van der Waals surface area contributed by atoms with Crippen molar-refractivity contribution in [1.82, 2.24) is 15.4 Å². The molecule has 0 aliphatic rings. The van der Waals surface area contributed by atoms with Gasteiger partial charge in [0, 0.05) is 0 Å². The van der Waals surface area contributed by atoms with E-state index in [4.69, 9.17) is 4.74 Å². The minimum Gasteiger partial charge on any atom is -0.497 e. The molecule has 1 heterocycles. The largest absolute Gasteiger partial charge is 0.497 e. The zero-order chi connectivity index (χ0) is 13.7. The Hall–Kier alpha value is -1.84. The van der Waals surface area contributed by atoms with Gasteiger partial charge in [-0.2, -0.15) is 15.4 Å². The number of aromatic nitrogens is 3. The van der Waals surface area contributed by atoms with Crippen LogP contribution >= 0.6 is 0 Å². The van der Waals surface area contributed by atoms with E-state index in [-0.39, 0.29) is 0 Å². The SMILES string of the molecule is CCc1cc(OC)ccc1C(CC)Cc1cn[nH]n1. The lowest BCUT2D eigenvalue weighted by Crippen LogP contribution is -2.06. The summed E-state index contributed by atoms with van der Waals surface area (Å²) >= 11 is 0. The summed E-state index contributed by atoms with van der Waals surface area (Å²) in [5, 5.41) is 10.7. The average Bonchev–Trinajstić information content (AvgIpc) is 2.97. The van der Waals surface area contributed by atoms with Gasteiger partial charge >= 0.3 is 0 Å².